The lowest BCUT2D eigenvalue weighted by Gasteiger charge is -2.41. The smallest absolute Gasteiger partial charge is 0.232 e. The molecule has 0 aromatic carbocycles. The van der Waals surface area contributed by atoms with Crippen molar-refractivity contribution < 1.29 is 18.4 Å². The maximum Gasteiger partial charge on any atom is 0.232 e. The molecule has 6 rings (SSSR count). The summed E-state index contributed by atoms with van der Waals surface area (Å²) in [6, 6.07) is -0.248. The second-order valence-corrected chi connectivity index (χ2v) is 13.7. The largest absolute Gasteiger partial charge is 0.486 e. The minimum Gasteiger partial charge on any atom is -0.486 e. The van der Waals surface area contributed by atoms with Crippen LogP contribution in [-0.4, -0.2) is 84.8 Å². The number of rotatable bonds is 9. The molecule has 5 aliphatic heterocycles. The molecular formula is C30H48FN6O2+. The topological polar surface area (TPSA) is 96.8 Å². The van der Waals surface area contributed by atoms with Crippen LogP contribution < -0.4 is 16.8 Å². The normalized spacial score (nSPS) is 41.3. The summed E-state index contributed by atoms with van der Waals surface area (Å²) in [6.45, 7) is 10.1. The van der Waals surface area contributed by atoms with Crippen LogP contribution in [0.5, 0.6) is 0 Å². The molecular weight excluding hydrogens is 495 g/mol. The molecule has 0 aromatic rings. The Morgan fingerprint density at radius 1 is 1.33 bits per heavy atom. The van der Waals surface area contributed by atoms with Crippen LogP contribution in [0.1, 0.15) is 52.4 Å². The van der Waals surface area contributed by atoms with Crippen molar-refractivity contribution in [3.05, 3.63) is 35.8 Å². The summed E-state index contributed by atoms with van der Waals surface area (Å²) in [4.78, 5) is 18.6. The van der Waals surface area contributed by atoms with Crippen LogP contribution in [0, 0.1) is 29.1 Å². The zero-order valence-corrected chi connectivity index (χ0v) is 23.9. The van der Waals surface area contributed by atoms with Gasteiger partial charge in [0.1, 0.15) is 36.1 Å². The number of nitrogens with zero attached hydrogens (tertiary/aromatic N) is 3. The lowest BCUT2D eigenvalue weighted by Crippen LogP contribution is -2.58. The lowest BCUT2D eigenvalue weighted by molar-refractivity contribution is -0.855. The molecule has 3 saturated heterocycles. The number of carbonyl (C=O) groups is 1. The minimum absolute atomic E-state index is 0.0358. The van der Waals surface area contributed by atoms with Crippen LogP contribution in [-0.2, 0) is 9.53 Å². The molecule has 9 atom stereocenters. The van der Waals surface area contributed by atoms with E-state index in [1.165, 1.54) is 6.42 Å². The standard InChI is InChI=1S/C30H47FN6O2/c1-4-5-11-37(3)12-7-24(39-25-17-35-9-6-20(25)15-35)23(18-37)34-29(38)26(28(32)33)27-19(2)22-14-30(22)8-10-36(27)16-21(31)13-30/h7,16,18-20,22,25-28H,4-6,8-15,17,32-33H2,1-3H3/p+1. The Morgan fingerprint density at radius 2 is 2.15 bits per heavy atom. The highest BCUT2D eigenvalue weighted by molar-refractivity contribution is 5.82. The number of hydrogen-bond acceptors (Lipinski definition) is 6. The van der Waals surface area contributed by atoms with Gasteiger partial charge in [-0.3, -0.25) is 14.2 Å². The van der Waals surface area contributed by atoms with Crippen LogP contribution in [0.4, 0.5) is 4.39 Å². The van der Waals surface area contributed by atoms with E-state index in [0.29, 0.717) is 22.7 Å². The molecule has 1 amide bonds. The molecule has 1 aliphatic carbocycles. The zero-order valence-electron chi connectivity index (χ0n) is 23.9. The number of piperidine rings is 1. The summed E-state index contributed by atoms with van der Waals surface area (Å²) in [7, 11) is 2.20. The highest BCUT2D eigenvalue weighted by Crippen LogP contribution is 2.66. The summed E-state index contributed by atoms with van der Waals surface area (Å²) in [5, 5.41) is 3.25. The van der Waals surface area contributed by atoms with Crippen molar-refractivity contribution >= 4 is 5.91 Å². The Hall–Kier alpha value is -1.94. The van der Waals surface area contributed by atoms with Gasteiger partial charge < -0.3 is 26.4 Å². The van der Waals surface area contributed by atoms with E-state index >= 15 is 0 Å². The second kappa shape index (κ2) is 10.2. The van der Waals surface area contributed by atoms with E-state index in [1.807, 2.05) is 4.90 Å². The molecule has 0 aromatic heterocycles. The van der Waals surface area contributed by atoms with Gasteiger partial charge in [-0.15, -0.1) is 0 Å². The van der Waals surface area contributed by atoms with Crippen molar-refractivity contribution in [3.8, 4) is 0 Å². The van der Waals surface area contributed by atoms with Crippen LogP contribution in [0.25, 0.3) is 0 Å². The van der Waals surface area contributed by atoms with Gasteiger partial charge in [-0.25, -0.2) is 4.39 Å². The summed E-state index contributed by atoms with van der Waals surface area (Å²) in [5.74, 6) is 0.940. The molecule has 8 nitrogen and oxygen atoms in total. The van der Waals surface area contributed by atoms with E-state index in [1.54, 1.807) is 6.20 Å². The predicted molar refractivity (Wildman–Crippen MR) is 149 cm³/mol. The number of ether oxygens (including phenoxy) is 1. The average Bonchev–Trinajstić information content (AvgIpc) is 3.27. The van der Waals surface area contributed by atoms with Gasteiger partial charge in [-0.05, 0) is 49.5 Å². The minimum atomic E-state index is -0.862. The van der Waals surface area contributed by atoms with Gasteiger partial charge in [0.25, 0.3) is 0 Å². The summed E-state index contributed by atoms with van der Waals surface area (Å²) in [6.07, 6.45) is 11.1. The van der Waals surface area contributed by atoms with Crippen molar-refractivity contribution in [1.29, 1.82) is 0 Å². The average molecular weight is 544 g/mol. The van der Waals surface area contributed by atoms with Crippen molar-refractivity contribution in [3.63, 3.8) is 0 Å². The van der Waals surface area contributed by atoms with Crippen LogP contribution in [0.15, 0.2) is 35.8 Å². The predicted octanol–water partition coefficient (Wildman–Crippen LogP) is 2.60. The Bertz CT molecular complexity index is 1080. The Morgan fingerprint density at radius 3 is 2.85 bits per heavy atom. The Balaban J connectivity index is 1.26. The molecule has 5 heterocycles. The SMILES string of the molecule is CCCC[N+]1(C)C=C(NC(=O)C(C(N)N)C2C(C)C3CC34CCN2C=C(F)C4)C(OC2CN3CCC2C3)=CC1. The monoisotopic (exact) mass is 543 g/mol. The molecule has 1 spiro atoms. The van der Waals surface area contributed by atoms with E-state index in [2.05, 4.69) is 43.4 Å². The molecule has 4 bridgehead atoms. The summed E-state index contributed by atoms with van der Waals surface area (Å²) < 4.78 is 22.2. The fourth-order valence-corrected chi connectivity index (χ4v) is 8.50. The number of nitrogens with one attached hydrogen (secondary N) is 1. The van der Waals surface area contributed by atoms with E-state index in [9.17, 15) is 9.18 Å². The molecule has 1 saturated carbocycles. The number of halogens is 1. The fraction of sp³-hybridized carbons (Fsp3) is 0.767. The van der Waals surface area contributed by atoms with Crippen molar-refractivity contribution in [2.24, 2.45) is 40.6 Å². The lowest BCUT2D eigenvalue weighted by atomic mass is 9.80. The number of allylic oxidation sites excluding steroid dienone is 1. The molecule has 9 unspecified atom stereocenters. The van der Waals surface area contributed by atoms with E-state index in [0.717, 1.165) is 76.4 Å². The highest BCUT2D eigenvalue weighted by atomic mass is 19.1. The zero-order chi connectivity index (χ0) is 27.5. The molecule has 5 N–H and O–H groups in total. The molecule has 6 aliphatic rings. The second-order valence-electron chi connectivity index (χ2n) is 13.7. The molecule has 216 valence electrons. The number of hydrogen-bond donors (Lipinski definition) is 3. The summed E-state index contributed by atoms with van der Waals surface area (Å²) >= 11 is 0. The Kier molecular flexibility index (Phi) is 7.09. The molecule has 9 heteroatoms. The first-order valence-corrected chi connectivity index (χ1v) is 15.2. The van der Waals surface area contributed by atoms with E-state index in [4.69, 9.17) is 16.2 Å². The molecule has 39 heavy (non-hydrogen) atoms. The number of likely N-dealkylation sites (N-methyl/N-ethyl adjacent to an activating group) is 1. The number of fused-ring (bicyclic) bond motifs is 4. The first kappa shape index (κ1) is 27.2. The van der Waals surface area contributed by atoms with Crippen LogP contribution >= 0.6 is 0 Å². The van der Waals surface area contributed by atoms with Crippen LogP contribution in [0.3, 0.4) is 0 Å². The third-order valence-corrected chi connectivity index (χ3v) is 10.8. The van der Waals surface area contributed by atoms with Crippen molar-refractivity contribution in [1.82, 2.24) is 15.1 Å². The third-order valence-electron chi connectivity index (χ3n) is 10.8. The maximum absolute atomic E-state index is 14.9. The molecule has 4 fully saturated rings. The van der Waals surface area contributed by atoms with Gasteiger partial charge in [0.15, 0.2) is 0 Å². The van der Waals surface area contributed by atoms with Gasteiger partial charge in [0.2, 0.25) is 5.91 Å². The highest BCUT2D eigenvalue weighted by Gasteiger charge is 2.62. The summed E-state index contributed by atoms with van der Waals surface area (Å²) in [5.41, 5.74) is 13.5. The number of amides is 1. The third kappa shape index (κ3) is 5.04. The van der Waals surface area contributed by atoms with Gasteiger partial charge in [-0.1, -0.05) is 20.3 Å². The van der Waals surface area contributed by atoms with Crippen LogP contribution in [0.2, 0.25) is 0 Å². The molecule has 0 radical (unpaired) electrons. The van der Waals surface area contributed by atoms with Gasteiger partial charge in [-0.2, -0.15) is 0 Å². The quantitative estimate of drug-likeness (QED) is 0.306. The van der Waals surface area contributed by atoms with Gasteiger partial charge in [0, 0.05) is 50.3 Å². The number of unbranched alkanes of at least 4 members (excludes halogenated alkanes) is 1. The first-order valence-electron chi connectivity index (χ1n) is 15.2. The van der Waals surface area contributed by atoms with Gasteiger partial charge in [0.05, 0.1) is 25.7 Å². The van der Waals surface area contributed by atoms with E-state index in [-0.39, 0.29) is 35.2 Å². The maximum atomic E-state index is 14.9. The fourth-order valence-electron chi connectivity index (χ4n) is 8.50. The Labute approximate surface area is 232 Å². The van der Waals surface area contributed by atoms with Crippen molar-refractivity contribution in [2.75, 3.05) is 46.3 Å². The number of nitrogens with two attached hydrogens (primary N) is 2. The number of carbonyl (C=O) groups excluding carboxylic acids is 1. The number of quaternary nitrogens is 1. The van der Waals surface area contributed by atoms with Gasteiger partial charge >= 0.3 is 0 Å². The van der Waals surface area contributed by atoms with Crippen molar-refractivity contribution in [2.45, 2.75) is 70.7 Å². The first-order chi connectivity index (χ1) is 18.6. The van der Waals surface area contributed by atoms with E-state index < -0.39 is 12.1 Å².